The summed E-state index contributed by atoms with van der Waals surface area (Å²) in [6.07, 6.45) is -0.467. The number of nitrogens with one attached hydrogen (secondary N) is 2. The highest BCUT2D eigenvalue weighted by Gasteiger charge is 2.25. The molecule has 0 saturated carbocycles. The van der Waals surface area contributed by atoms with Gasteiger partial charge in [-0.15, -0.1) is 11.3 Å². The van der Waals surface area contributed by atoms with Gasteiger partial charge in [0.25, 0.3) is 0 Å². The molecular weight excluding hydrogens is 268 g/mol. The van der Waals surface area contributed by atoms with E-state index in [1.165, 1.54) is 18.3 Å². The van der Waals surface area contributed by atoms with Gasteiger partial charge in [0, 0.05) is 4.88 Å². The Hall–Kier alpha value is -1.60. The van der Waals surface area contributed by atoms with Crippen LogP contribution in [0, 0.1) is 0 Å². The van der Waals surface area contributed by atoms with Crippen molar-refractivity contribution in [2.24, 2.45) is 0 Å². The van der Waals surface area contributed by atoms with Gasteiger partial charge in [0.05, 0.1) is 12.1 Å². The van der Waals surface area contributed by atoms with Crippen LogP contribution in [0.1, 0.15) is 31.2 Å². The van der Waals surface area contributed by atoms with Gasteiger partial charge in [0.15, 0.2) is 6.04 Å². The van der Waals surface area contributed by atoms with Crippen LogP contribution in [0.4, 0.5) is 4.79 Å². The summed E-state index contributed by atoms with van der Waals surface area (Å²) in [7, 11) is 0. The summed E-state index contributed by atoms with van der Waals surface area (Å²) >= 11 is 1.52. The number of carboxylic acid groups (broad SMARTS) is 1. The number of carbonyl (C=O) groups excluding carboxylic acids is 1. The maximum atomic E-state index is 11.7. The lowest BCUT2D eigenvalue weighted by Crippen LogP contribution is -2.51. The summed E-state index contributed by atoms with van der Waals surface area (Å²) in [5.74, 6) is -1.27. The molecule has 0 aliphatic carbocycles. The van der Waals surface area contributed by atoms with Crippen molar-refractivity contribution in [3.8, 4) is 0 Å². The van der Waals surface area contributed by atoms with Gasteiger partial charge in [-0.2, -0.15) is 0 Å². The number of aliphatic hydroxyl groups excluding tert-OH is 1. The third kappa shape index (κ3) is 4.53. The molecule has 6 nitrogen and oxygen atoms in total. The van der Waals surface area contributed by atoms with Crippen LogP contribution in [0.5, 0.6) is 0 Å². The molecule has 19 heavy (non-hydrogen) atoms. The highest BCUT2D eigenvalue weighted by atomic mass is 32.1. The Bertz CT molecular complexity index is 419. The van der Waals surface area contributed by atoms with Crippen LogP contribution in [0.3, 0.4) is 0 Å². The van der Waals surface area contributed by atoms with Crippen molar-refractivity contribution in [1.29, 1.82) is 0 Å². The number of thiophene rings is 1. The number of aliphatic hydroxyl groups is 1. The second kappa shape index (κ2) is 7.10. The van der Waals surface area contributed by atoms with E-state index in [9.17, 15) is 14.7 Å². The molecule has 0 spiro atoms. The van der Waals surface area contributed by atoms with Crippen molar-refractivity contribution in [2.45, 2.75) is 38.5 Å². The fourth-order valence-electron chi connectivity index (χ4n) is 1.59. The topological polar surface area (TPSA) is 98.7 Å². The zero-order valence-corrected chi connectivity index (χ0v) is 11.6. The average molecular weight is 286 g/mol. The lowest BCUT2D eigenvalue weighted by molar-refractivity contribution is -0.141. The fourth-order valence-corrected chi connectivity index (χ4v) is 2.46. The smallest absolute Gasteiger partial charge is 0.328 e. The maximum absolute atomic E-state index is 11.7. The minimum Gasteiger partial charge on any atom is -0.480 e. The van der Waals surface area contributed by atoms with E-state index in [1.54, 1.807) is 0 Å². The fraction of sp³-hybridized carbons (Fsp3) is 0.500. The minimum atomic E-state index is -1.32. The molecular formula is C12H18N2O4S. The highest BCUT2D eigenvalue weighted by Crippen LogP contribution is 2.21. The summed E-state index contributed by atoms with van der Waals surface area (Å²) in [5.41, 5.74) is 0. The van der Waals surface area contributed by atoms with E-state index in [-0.39, 0.29) is 6.04 Å². The molecule has 3 unspecified atom stereocenters. The number of carboxylic acids is 1. The summed E-state index contributed by atoms with van der Waals surface area (Å²) in [4.78, 5) is 23.6. The molecule has 1 aromatic heterocycles. The second-order valence-corrected chi connectivity index (χ2v) is 5.13. The Balaban J connectivity index is 2.61. The lowest BCUT2D eigenvalue weighted by Gasteiger charge is -2.20. The van der Waals surface area contributed by atoms with Gasteiger partial charge in [-0.1, -0.05) is 13.0 Å². The van der Waals surface area contributed by atoms with Crippen LogP contribution in [0.25, 0.3) is 0 Å². The maximum Gasteiger partial charge on any atom is 0.328 e. The Labute approximate surface area is 115 Å². The standard InChI is InChI=1S/C12H18N2O4S/c1-3-8(9-5-4-6-19-9)13-12(18)14-10(7(2)15)11(16)17/h4-8,10,15H,3H2,1-2H3,(H,16,17)(H2,13,14,18). The predicted octanol–water partition coefficient (Wildman–Crippen LogP) is 1.33. The number of hydrogen-bond donors (Lipinski definition) is 4. The van der Waals surface area contributed by atoms with E-state index < -0.39 is 24.1 Å². The number of amides is 2. The first kappa shape index (κ1) is 15.5. The zero-order valence-electron chi connectivity index (χ0n) is 10.8. The van der Waals surface area contributed by atoms with Crippen LogP contribution in [-0.2, 0) is 4.79 Å². The summed E-state index contributed by atoms with van der Waals surface area (Å²) in [6, 6.07) is 1.71. The van der Waals surface area contributed by atoms with Crippen molar-refractivity contribution in [2.75, 3.05) is 0 Å². The van der Waals surface area contributed by atoms with Crippen LogP contribution < -0.4 is 10.6 Å². The van der Waals surface area contributed by atoms with Crippen molar-refractivity contribution in [3.63, 3.8) is 0 Å². The third-order valence-electron chi connectivity index (χ3n) is 2.64. The first-order valence-corrected chi connectivity index (χ1v) is 6.85. The molecule has 4 N–H and O–H groups in total. The first-order chi connectivity index (χ1) is 8.95. The molecule has 0 saturated heterocycles. The molecule has 0 bridgehead atoms. The molecule has 1 aromatic rings. The Morgan fingerprint density at radius 1 is 1.42 bits per heavy atom. The Morgan fingerprint density at radius 3 is 2.53 bits per heavy atom. The molecule has 106 valence electrons. The van der Waals surface area contributed by atoms with Gasteiger partial charge in [-0.25, -0.2) is 9.59 Å². The summed E-state index contributed by atoms with van der Waals surface area (Å²) < 4.78 is 0. The first-order valence-electron chi connectivity index (χ1n) is 5.97. The number of aliphatic carboxylic acids is 1. The van der Waals surface area contributed by atoms with E-state index >= 15 is 0 Å². The minimum absolute atomic E-state index is 0.163. The average Bonchev–Trinajstić information content (AvgIpc) is 2.85. The number of hydrogen-bond acceptors (Lipinski definition) is 4. The van der Waals surface area contributed by atoms with Gasteiger partial charge >= 0.3 is 12.0 Å². The van der Waals surface area contributed by atoms with Crippen LogP contribution in [0.2, 0.25) is 0 Å². The second-order valence-electron chi connectivity index (χ2n) is 4.15. The van der Waals surface area contributed by atoms with E-state index in [4.69, 9.17) is 5.11 Å². The predicted molar refractivity (Wildman–Crippen MR) is 72.1 cm³/mol. The molecule has 0 fully saturated rings. The molecule has 3 atom stereocenters. The third-order valence-corrected chi connectivity index (χ3v) is 3.62. The van der Waals surface area contributed by atoms with E-state index in [0.29, 0.717) is 6.42 Å². The lowest BCUT2D eigenvalue weighted by atomic mass is 10.2. The van der Waals surface area contributed by atoms with Crippen molar-refractivity contribution < 1.29 is 19.8 Å². The largest absolute Gasteiger partial charge is 0.480 e. The molecule has 1 rings (SSSR count). The van der Waals surface area contributed by atoms with Gasteiger partial charge in [-0.05, 0) is 24.8 Å². The monoisotopic (exact) mass is 286 g/mol. The van der Waals surface area contributed by atoms with Crippen molar-refractivity contribution >= 4 is 23.3 Å². The quantitative estimate of drug-likeness (QED) is 0.634. The molecule has 0 radical (unpaired) electrons. The molecule has 0 aromatic carbocycles. The number of urea groups is 1. The SMILES string of the molecule is CCC(NC(=O)NC(C(=O)O)C(C)O)c1cccs1. The van der Waals surface area contributed by atoms with Gasteiger partial charge < -0.3 is 20.8 Å². The van der Waals surface area contributed by atoms with Gasteiger partial charge in [-0.3, -0.25) is 0 Å². The summed E-state index contributed by atoms with van der Waals surface area (Å²) in [6.45, 7) is 3.24. The van der Waals surface area contributed by atoms with E-state index in [0.717, 1.165) is 4.88 Å². The van der Waals surface area contributed by atoms with Crippen LogP contribution in [0.15, 0.2) is 17.5 Å². The summed E-state index contributed by atoms with van der Waals surface area (Å²) in [5, 5.41) is 25.0. The Kier molecular flexibility index (Phi) is 5.78. The highest BCUT2D eigenvalue weighted by molar-refractivity contribution is 7.10. The van der Waals surface area contributed by atoms with E-state index in [1.807, 2.05) is 24.4 Å². The van der Waals surface area contributed by atoms with Crippen molar-refractivity contribution in [1.82, 2.24) is 10.6 Å². The van der Waals surface area contributed by atoms with E-state index in [2.05, 4.69) is 10.6 Å². The van der Waals surface area contributed by atoms with Crippen LogP contribution >= 0.6 is 11.3 Å². The Morgan fingerprint density at radius 2 is 2.11 bits per heavy atom. The molecule has 2 amide bonds. The number of rotatable bonds is 6. The van der Waals surface area contributed by atoms with Crippen LogP contribution in [-0.4, -0.2) is 34.4 Å². The van der Waals surface area contributed by atoms with Gasteiger partial charge in [0.1, 0.15) is 0 Å². The van der Waals surface area contributed by atoms with Crippen molar-refractivity contribution in [3.05, 3.63) is 22.4 Å². The molecule has 0 aliphatic heterocycles. The molecule has 0 aliphatic rings. The van der Waals surface area contributed by atoms with Gasteiger partial charge in [0.2, 0.25) is 0 Å². The zero-order chi connectivity index (χ0) is 14.4. The molecule has 7 heteroatoms. The normalized spacial score (nSPS) is 15.3. The number of carbonyl (C=O) groups is 2. The molecule has 1 heterocycles.